The smallest absolute Gasteiger partial charge is 0.309 e. The number of hydrogen-bond acceptors (Lipinski definition) is 6. The van der Waals surface area contributed by atoms with E-state index in [1.54, 1.807) is 11.0 Å². The van der Waals surface area contributed by atoms with Crippen molar-refractivity contribution in [1.82, 2.24) is 10.2 Å². The number of unbranched alkanes of at least 4 members (excludes halogenated alkanes) is 1. The predicted molar refractivity (Wildman–Crippen MR) is 216 cm³/mol. The van der Waals surface area contributed by atoms with Crippen LogP contribution < -0.4 is 10.1 Å². The maximum Gasteiger partial charge on any atom is 0.309 e. The lowest BCUT2D eigenvalue weighted by Gasteiger charge is -2.36. The zero-order chi connectivity index (χ0) is 38.8. The highest BCUT2D eigenvalue weighted by molar-refractivity contribution is 5.86. The van der Waals surface area contributed by atoms with Gasteiger partial charge in [-0.1, -0.05) is 109 Å². The van der Waals surface area contributed by atoms with E-state index in [0.717, 1.165) is 40.7 Å². The van der Waals surface area contributed by atoms with Crippen molar-refractivity contribution in [3.63, 3.8) is 0 Å². The number of carbonyl (C=O) groups is 3. The molecule has 0 spiro atoms. The van der Waals surface area contributed by atoms with E-state index in [1.807, 2.05) is 115 Å². The van der Waals surface area contributed by atoms with Gasteiger partial charge in [0.25, 0.3) is 0 Å². The van der Waals surface area contributed by atoms with Crippen molar-refractivity contribution in [3.8, 4) is 5.75 Å². The lowest BCUT2D eigenvalue weighted by molar-refractivity contribution is -0.150. The molecule has 2 N–H and O–H groups in total. The molecule has 8 nitrogen and oxygen atoms in total. The fourth-order valence-electron chi connectivity index (χ4n) is 7.08. The van der Waals surface area contributed by atoms with Crippen molar-refractivity contribution in [1.29, 1.82) is 0 Å². The first kappa shape index (κ1) is 40.7. The number of benzene rings is 4. The van der Waals surface area contributed by atoms with Gasteiger partial charge in [0, 0.05) is 13.0 Å². The summed E-state index contributed by atoms with van der Waals surface area (Å²) in [5, 5.41) is 13.3. The van der Waals surface area contributed by atoms with E-state index in [9.17, 15) is 19.5 Å². The maximum atomic E-state index is 14.0. The second-order valence-electron chi connectivity index (χ2n) is 14.3. The highest BCUT2D eigenvalue weighted by Crippen LogP contribution is 2.26. The van der Waals surface area contributed by atoms with E-state index in [0.29, 0.717) is 44.6 Å². The average molecular weight is 743 g/mol. The Morgan fingerprint density at radius 2 is 1.45 bits per heavy atom. The number of rotatable bonds is 21. The summed E-state index contributed by atoms with van der Waals surface area (Å²) in [6, 6.07) is 34.5. The topological polar surface area (TPSA) is 105 Å². The normalized spacial score (nSPS) is 15.1. The Balaban J connectivity index is 1.29. The summed E-state index contributed by atoms with van der Waals surface area (Å²) in [6.07, 6.45) is 7.51. The molecule has 0 unspecified atom stereocenters. The van der Waals surface area contributed by atoms with Crippen LogP contribution in [0.25, 0.3) is 0 Å². The first-order valence-corrected chi connectivity index (χ1v) is 19.3. The summed E-state index contributed by atoms with van der Waals surface area (Å²) in [7, 11) is 0. The molecule has 288 valence electrons. The number of nitrogens with one attached hydrogen (secondary N) is 1. The molecule has 4 aromatic carbocycles. The van der Waals surface area contributed by atoms with Crippen molar-refractivity contribution >= 4 is 17.8 Å². The fourth-order valence-corrected chi connectivity index (χ4v) is 7.08. The van der Waals surface area contributed by atoms with Crippen molar-refractivity contribution in [2.75, 3.05) is 13.2 Å². The van der Waals surface area contributed by atoms with Gasteiger partial charge in [0.2, 0.25) is 11.8 Å². The molecular weight excluding hydrogens is 689 g/mol. The van der Waals surface area contributed by atoms with Gasteiger partial charge < -0.3 is 24.8 Å². The first-order valence-electron chi connectivity index (χ1n) is 19.3. The first-order chi connectivity index (χ1) is 26.9. The minimum absolute atomic E-state index is 0.0339. The molecular formula is C47H54N2O6. The van der Waals surface area contributed by atoms with Crippen LogP contribution >= 0.6 is 0 Å². The molecule has 55 heavy (non-hydrogen) atoms. The van der Waals surface area contributed by atoms with Crippen LogP contribution in [0.3, 0.4) is 0 Å². The van der Waals surface area contributed by atoms with E-state index in [1.165, 1.54) is 0 Å². The highest BCUT2D eigenvalue weighted by atomic mass is 16.5. The minimum atomic E-state index is -0.696. The minimum Gasteiger partial charge on any atom is -0.489 e. The summed E-state index contributed by atoms with van der Waals surface area (Å²) < 4.78 is 12.0. The number of carbonyl (C=O) groups excluding carboxylic acids is 3. The molecule has 1 aliphatic heterocycles. The molecule has 0 aromatic heterocycles. The second kappa shape index (κ2) is 21.4. The van der Waals surface area contributed by atoms with Crippen molar-refractivity contribution in [2.45, 2.75) is 76.6 Å². The van der Waals surface area contributed by atoms with E-state index >= 15 is 0 Å². The van der Waals surface area contributed by atoms with E-state index in [4.69, 9.17) is 9.47 Å². The fraction of sp³-hybridized carbons (Fsp3) is 0.340. The lowest BCUT2D eigenvalue weighted by Crippen LogP contribution is -2.48. The van der Waals surface area contributed by atoms with Crippen molar-refractivity contribution < 1.29 is 29.0 Å². The second-order valence-corrected chi connectivity index (χ2v) is 14.3. The van der Waals surface area contributed by atoms with Crippen LogP contribution in [0.15, 0.2) is 135 Å². The molecule has 0 saturated carbocycles. The number of amides is 2. The monoisotopic (exact) mass is 742 g/mol. The van der Waals surface area contributed by atoms with Gasteiger partial charge in [0.15, 0.2) is 0 Å². The largest absolute Gasteiger partial charge is 0.489 e. The van der Waals surface area contributed by atoms with Crippen molar-refractivity contribution in [2.24, 2.45) is 11.8 Å². The molecule has 4 atom stereocenters. The third kappa shape index (κ3) is 12.5. The van der Waals surface area contributed by atoms with Crippen LogP contribution in [0, 0.1) is 11.8 Å². The lowest BCUT2D eigenvalue weighted by atomic mass is 9.92. The molecule has 0 aliphatic carbocycles. The van der Waals surface area contributed by atoms with Crippen LogP contribution in [0.2, 0.25) is 0 Å². The van der Waals surface area contributed by atoms with Gasteiger partial charge in [-0.15, -0.1) is 13.2 Å². The molecule has 0 saturated heterocycles. The standard InChI is InChI=1S/C47H54N2O6/c1-3-5-8-21-40(27-35-16-9-6-10-17-35)47(53)55-34-42(28-36-23-25-44(26-24-36)54-33-37-18-11-7-12-19-37)48-46(52)39(15-4-2)30-45(51)49-31-41-22-14-13-20-38(41)29-43(49)32-50/h3-4,6-7,9-14,16-20,22-26,39-40,42-43,50H,1-2,5,8,15,21,27-34H2,(H,48,52)/t39-,40-,42+,43+/m1/s1. The summed E-state index contributed by atoms with van der Waals surface area (Å²) in [5.74, 6) is -1.16. The molecule has 1 aliphatic rings. The number of ether oxygens (including phenoxy) is 2. The molecule has 1 heterocycles. The SMILES string of the molecule is C=CCCC[C@H](Cc1ccccc1)C(=O)OC[C@H](Cc1ccc(OCc2ccccc2)cc1)NC(=O)[C@H](CC=C)CC(=O)N1Cc2ccccc2C[C@H]1CO. The summed E-state index contributed by atoms with van der Waals surface area (Å²) in [6.45, 7) is 8.31. The van der Waals surface area contributed by atoms with Crippen LogP contribution in [0.4, 0.5) is 0 Å². The third-order valence-corrected chi connectivity index (χ3v) is 10.2. The number of nitrogens with zero attached hydrogens (tertiary/aromatic N) is 1. The Kier molecular flexibility index (Phi) is 15.9. The van der Waals surface area contributed by atoms with Gasteiger partial charge in [-0.25, -0.2) is 0 Å². The molecule has 8 heteroatoms. The van der Waals surface area contributed by atoms with Crippen LogP contribution in [0.1, 0.15) is 59.9 Å². The van der Waals surface area contributed by atoms with Crippen molar-refractivity contribution in [3.05, 3.63) is 162 Å². The zero-order valence-electron chi connectivity index (χ0n) is 31.7. The molecule has 0 radical (unpaired) electrons. The summed E-state index contributed by atoms with van der Waals surface area (Å²) in [4.78, 5) is 43.1. The average Bonchev–Trinajstić information content (AvgIpc) is 3.22. The number of hydrogen-bond donors (Lipinski definition) is 2. The zero-order valence-corrected chi connectivity index (χ0v) is 31.7. The number of aliphatic hydroxyl groups is 1. The predicted octanol–water partition coefficient (Wildman–Crippen LogP) is 7.58. The summed E-state index contributed by atoms with van der Waals surface area (Å²) >= 11 is 0. The van der Waals surface area contributed by atoms with E-state index in [2.05, 4.69) is 18.5 Å². The van der Waals surface area contributed by atoms with Crippen LogP contribution in [0.5, 0.6) is 5.75 Å². The third-order valence-electron chi connectivity index (χ3n) is 10.2. The molecule has 2 amide bonds. The van der Waals surface area contributed by atoms with E-state index in [-0.39, 0.29) is 55.8 Å². The van der Waals surface area contributed by atoms with Gasteiger partial charge in [-0.05, 0) is 84.9 Å². The Bertz CT molecular complexity index is 1830. The molecule has 5 rings (SSSR count). The Hall–Kier alpha value is -5.47. The number of fused-ring (bicyclic) bond motifs is 1. The number of esters is 1. The van der Waals surface area contributed by atoms with Crippen LogP contribution in [-0.2, 0) is 51.5 Å². The Labute approximate surface area is 325 Å². The van der Waals surface area contributed by atoms with Gasteiger partial charge in [-0.2, -0.15) is 0 Å². The quantitative estimate of drug-likeness (QED) is 0.0519. The Morgan fingerprint density at radius 1 is 0.800 bits per heavy atom. The Morgan fingerprint density at radius 3 is 2.13 bits per heavy atom. The van der Waals surface area contributed by atoms with Crippen LogP contribution in [-0.4, -0.2) is 53.1 Å². The highest BCUT2D eigenvalue weighted by Gasteiger charge is 2.32. The molecule has 0 fully saturated rings. The van der Waals surface area contributed by atoms with Gasteiger partial charge >= 0.3 is 5.97 Å². The van der Waals surface area contributed by atoms with Gasteiger partial charge in [0.05, 0.1) is 30.5 Å². The molecule has 0 bridgehead atoms. The summed E-state index contributed by atoms with van der Waals surface area (Å²) in [5.41, 5.74) is 5.20. The van der Waals surface area contributed by atoms with E-state index < -0.39 is 12.0 Å². The van der Waals surface area contributed by atoms with Gasteiger partial charge in [0.1, 0.15) is 19.0 Å². The number of allylic oxidation sites excluding steroid dienone is 2. The molecule has 4 aromatic rings. The maximum absolute atomic E-state index is 14.0. The van der Waals surface area contributed by atoms with Gasteiger partial charge in [-0.3, -0.25) is 14.4 Å². The number of aliphatic hydroxyl groups excluding tert-OH is 1.